The van der Waals surface area contributed by atoms with Gasteiger partial charge in [-0.1, -0.05) is 13.3 Å². The van der Waals surface area contributed by atoms with Crippen LogP contribution in [-0.4, -0.2) is 20.3 Å². The predicted molar refractivity (Wildman–Crippen MR) is 39.4 cm³/mol. The smallest absolute Gasteiger partial charge is 0.235 e. The molecule has 0 spiro atoms. The van der Waals surface area contributed by atoms with Gasteiger partial charge in [0.05, 0.1) is 5.75 Å². The molecule has 0 aliphatic heterocycles. The van der Waals surface area contributed by atoms with Crippen LogP contribution in [0, 0.1) is 0 Å². The Morgan fingerprint density at radius 1 is 1.60 bits per heavy atom. The van der Waals surface area contributed by atoms with Gasteiger partial charge in [-0.3, -0.25) is 0 Å². The average molecular weight is 189 g/mol. The second kappa shape index (κ2) is 4.13. The minimum atomic E-state index is -3.65. The molecule has 0 heterocycles. The number of hydrogen-bond donors (Lipinski definition) is 0. The van der Waals surface area contributed by atoms with Crippen LogP contribution >= 0.6 is 10.7 Å². The lowest BCUT2D eigenvalue weighted by Crippen LogP contribution is -2.11. The van der Waals surface area contributed by atoms with Gasteiger partial charge in [0.25, 0.3) is 0 Å². The maximum Gasteiger partial charge on any atom is 0.235 e. The van der Waals surface area contributed by atoms with Crippen molar-refractivity contribution in [3.8, 4) is 0 Å². The third-order valence-corrected chi connectivity index (χ3v) is 2.12. The summed E-state index contributed by atoms with van der Waals surface area (Å²) in [7, 11) is 1.15. The lowest BCUT2D eigenvalue weighted by molar-refractivity contribution is 0.341. The Balaban J connectivity index is 3.69. The van der Waals surface area contributed by atoms with E-state index in [1.54, 1.807) is 6.92 Å². The molecule has 0 saturated carbocycles. The van der Waals surface area contributed by atoms with E-state index in [1.165, 1.54) is 0 Å². The molecule has 0 fully saturated rings. The van der Waals surface area contributed by atoms with Crippen LogP contribution in [0.5, 0.6) is 0 Å². The van der Waals surface area contributed by atoms with Crippen molar-refractivity contribution < 1.29 is 12.8 Å². The van der Waals surface area contributed by atoms with Gasteiger partial charge in [-0.15, -0.1) is 0 Å². The lowest BCUT2D eigenvalue weighted by Gasteiger charge is -2.01. The molecule has 0 aromatic carbocycles. The molecule has 0 saturated heterocycles. The Morgan fingerprint density at radius 2 is 2.10 bits per heavy atom. The molecule has 2 nitrogen and oxygen atoms in total. The second-order valence-electron chi connectivity index (χ2n) is 2.09. The number of alkyl halides is 1. The van der Waals surface area contributed by atoms with Gasteiger partial charge in [-0.25, -0.2) is 12.8 Å². The zero-order valence-electron chi connectivity index (χ0n) is 5.68. The first-order valence-electron chi connectivity index (χ1n) is 3.02. The maximum absolute atomic E-state index is 12.4. The fourth-order valence-electron chi connectivity index (χ4n) is 0.613. The van der Waals surface area contributed by atoms with Gasteiger partial charge in [0.2, 0.25) is 9.05 Å². The Morgan fingerprint density at radius 3 is 2.40 bits per heavy atom. The molecule has 0 bridgehead atoms. The first-order chi connectivity index (χ1) is 4.45. The van der Waals surface area contributed by atoms with E-state index < -0.39 is 21.0 Å². The summed E-state index contributed by atoms with van der Waals surface area (Å²) >= 11 is 0. The first-order valence-corrected chi connectivity index (χ1v) is 5.50. The molecule has 10 heavy (non-hydrogen) atoms. The Bertz CT molecular complexity index is 178. The Labute approximate surface area is 64.8 Å². The Kier molecular flexibility index (Phi) is 4.20. The van der Waals surface area contributed by atoms with Crippen LogP contribution < -0.4 is 0 Å². The summed E-state index contributed by atoms with van der Waals surface area (Å²) in [5.41, 5.74) is 0. The van der Waals surface area contributed by atoms with Crippen LogP contribution in [0.2, 0.25) is 0 Å². The second-order valence-corrected chi connectivity index (χ2v) is 4.91. The normalized spacial score (nSPS) is 15.1. The van der Waals surface area contributed by atoms with Gasteiger partial charge in [0.1, 0.15) is 6.17 Å². The van der Waals surface area contributed by atoms with Gasteiger partial charge in [-0.05, 0) is 6.42 Å². The third kappa shape index (κ3) is 6.29. The van der Waals surface area contributed by atoms with Crippen LogP contribution in [0.3, 0.4) is 0 Å². The average Bonchev–Trinajstić information content (AvgIpc) is 1.59. The van der Waals surface area contributed by atoms with Crippen molar-refractivity contribution in [3.63, 3.8) is 0 Å². The quantitative estimate of drug-likeness (QED) is 0.630. The standard InChI is InChI=1S/C5H10ClFO2S/c1-2-3-5(7)4-10(6,8)9/h5H,2-4H2,1H3. The van der Waals surface area contributed by atoms with Gasteiger partial charge in [0.15, 0.2) is 0 Å². The van der Waals surface area contributed by atoms with Crippen LogP contribution in [0.25, 0.3) is 0 Å². The van der Waals surface area contributed by atoms with E-state index in [9.17, 15) is 12.8 Å². The van der Waals surface area contributed by atoms with Crippen molar-refractivity contribution in [1.82, 2.24) is 0 Å². The molecular weight excluding hydrogens is 179 g/mol. The minimum absolute atomic E-state index is 0.256. The fourth-order valence-corrected chi connectivity index (χ4v) is 1.62. The highest BCUT2D eigenvalue weighted by Gasteiger charge is 2.14. The van der Waals surface area contributed by atoms with Gasteiger partial charge in [0, 0.05) is 10.7 Å². The van der Waals surface area contributed by atoms with Crippen LogP contribution in [0.15, 0.2) is 0 Å². The lowest BCUT2D eigenvalue weighted by atomic mass is 10.2. The highest BCUT2D eigenvalue weighted by Crippen LogP contribution is 2.07. The van der Waals surface area contributed by atoms with Crippen LogP contribution in [0.1, 0.15) is 19.8 Å². The highest BCUT2D eigenvalue weighted by atomic mass is 35.7. The topological polar surface area (TPSA) is 34.1 Å². The molecule has 0 aromatic rings. The summed E-state index contributed by atoms with van der Waals surface area (Å²) in [6, 6.07) is 0. The van der Waals surface area contributed by atoms with Gasteiger partial charge >= 0.3 is 0 Å². The first kappa shape index (κ1) is 10.2. The fraction of sp³-hybridized carbons (Fsp3) is 1.00. The van der Waals surface area contributed by atoms with E-state index in [4.69, 9.17) is 10.7 Å². The van der Waals surface area contributed by atoms with Crippen molar-refractivity contribution >= 4 is 19.7 Å². The summed E-state index contributed by atoms with van der Waals surface area (Å²) in [6.45, 7) is 1.79. The van der Waals surface area contributed by atoms with Crippen LogP contribution in [-0.2, 0) is 9.05 Å². The molecule has 0 amide bonds. The molecule has 0 rings (SSSR count). The summed E-state index contributed by atoms with van der Waals surface area (Å²) in [6.07, 6.45) is -0.424. The molecule has 0 aromatic heterocycles. The van der Waals surface area contributed by atoms with E-state index >= 15 is 0 Å². The molecule has 0 aliphatic rings. The zero-order chi connectivity index (χ0) is 8.20. The van der Waals surface area contributed by atoms with Crippen molar-refractivity contribution in [2.45, 2.75) is 25.9 Å². The van der Waals surface area contributed by atoms with E-state index in [0.717, 1.165) is 0 Å². The number of rotatable bonds is 4. The summed E-state index contributed by atoms with van der Waals surface area (Å²) in [4.78, 5) is 0. The monoisotopic (exact) mass is 188 g/mol. The van der Waals surface area contributed by atoms with Crippen molar-refractivity contribution in [2.75, 3.05) is 5.75 Å². The molecule has 1 atom stereocenters. The molecule has 0 N–H and O–H groups in total. The number of hydrogen-bond acceptors (Lipinski definition) is 2. The van der Waals surface area contributed by atoms with Crippen molar-refractivity contribution in [3.05, 3.63) is 0 Å². The van der Waals surface area contributed by atoms with E-state index in [1.807, 2.05) is 0 Å². The van der Waals surface area contributed by atoms with Crippen molar-refractivity contribution in [1.29, 1.82) is 0 Å². The number of halogens is 2. The van der Waals surface area contributed by atoms with E-state index in [-0.39, 0.29) is 6.42 Å². The molecule has 0 radical (unpaired) electrons. The van der Waals surface area contributed by atoms with Crippen LogP contribution in [0.4, 0.5) is 4.39 Å². The van der Waals surface area contributed by atoms with E-state index in [2.05, 4.69) is 0 Å². The van der Waals surface area contributed by atoms with Crippen molar-refractivity contribution in [2.24, 2.45) is 0 Å². The summed E-state index contributed by atoms with van der Waals surface area (Å²) in [5, 5.41) is 0. The van der Waals surface area contributed by atoms with Gasteiger partial charge < -0.3 is 0 Å². The van der Waals surface area contributed by atoms with E-state index in [0.29, 0.717) is 6.42 Å². The Hall–Kier alpha value is 0.170. The molecule has 1 unspecified atom stereocenters. The largest absolute Gasteiger partial charge is 0.246 e. The molecule has 0 aliphatic carbocycles. The molecular formula is C5H10ClFO2S. The summed E-state index contributed by atoms with van der Waals surface area (Å²) < 4.78 is 32.9. The molecule has 5 heteroatoms. The predicted octanol–water partition coefficient (Wildman–Crippen LogP) is 1.69. The zero-order valence-corrected chi connectivity index (χ0v) is 7.25. The minimum Gasteiger partial charge on any atom is -0.246 e. The summed E-state index contributed by atoms with van der Waals surface area (Å²) in [5.74, 6) is -0.567. The highest BCUT2D eigenvalue weighted by molar-refractivity contribution is 8.13. The maximum atomic E-state index is 12.4. The third-order valence-electron chi connectivity index (χ3n) is 0.982. The van der Waals surface area contributed by atoms with Gasteiger partial charge in [-0.2, -0.15) is 0 Å². The molecule has 62 valence electrons. The SMILES string of the molecule is CCCC(F)CS(=O)(=O)Cl.